The molecule has 4 rings (SSSR count). The van der Waals surface area contributed by atoms with Crippen LogP contribution in [0.2, 0.25) is 0 Å². The van der Waals surface area contributed by atoms with E-state index >= 15 is 0 Å². The number of fused-ring (bicyclic) bond motifs is 1. The summed E-state index contributed by atoms with van der Waals surface area (Å²) >= 11 is 0. The monoisotopic (exact) mass is 364 g/mol. The molecule has 0 aliphatic carbocycles. The van der Waals surface area contributed by atoms with Gasteiger partial charge in [-0.1, -0.05) is 30.3 Å². The van der Waals surface area contributed by atoms with E-state index in [0.717, 1.165) is 22.6 Å². The van der Waals surface area contributed by atoms with Crippen LogP contribution >= 0.6 is 0 Å². The largest absolute Gasteiger partial charge is 0.478 e. The fourth-order valence-electron chi connectivity index (χ4n) is 3.07. The van der Waals surface area contributed by atoms with Gasteiger partial charge in [0.2, 0.25) is 0 Å². The van der Waals surface area contributed by atoms with Gasteiger partial charge < -0.3 is 5.11 Å². The highest BCUT2D eigenvalue weighted by atomic mass is 19.1. The fourth-order valence-corrected chi connectivity index (χ4v) is 3.07. The third-order valence-corrected chi connectivity index (χ3v) is 4.37. The predicted octanol–water partition coefficient (Wildman–Crippen LogP) is 4.73. The minimum Gasteiger partial charge on any atom is -0.478 e. The Kier molecular flexibility index (Phi) is 4.16. The van der Waals surface area contributed by atoms with E-state index in [1.165, 1.54) is 18.2 Å². The first-order chi connectivity index (χ1) is 13.0. The number of halogens is 2. The molecule has 27 heavy (non-hydrogen) atoms. The summed E-state index contributed by atoms with van der Waals surface area (Å²) in [5.74, 6) is -2.24. The van der Waals surface area contributed by atoms with E-state index in [9.17, 15) is 18.7 Å². The molecular formula is C21H14F2N2O2. The van der Waals surface area contributed by atoms with E-state index < -0.39 is 17.6 Å². The summed E-state index contributed by atoms with van der Waals surface area (Å²) < 4.78 is 28.6. The van der Waals surface area contributed by atoms with Crippen LogP contribution in [0.25, 0.3) is 22.0 Å². The van der Waals surface area contributed by atoms with Crippen molar-refractivity contribution in [3.8, 4) is 11.1 Å². The summed E-state index contributed by atoms with van der Waals surface area (Å²) in [6, 6.07) is 15.7. The van der Waals surface area contributed by atoms with Gasteiger partial charge in [-0.15, -0.1) is 0 Å². The molecule has 0 fully saturated rings. The third-order valence-electron chi connectivity index (χ3n) is 4.37. The molecule has 1 aromatic heterocycles. The van der Waals surface area contributed by atoms with Crippen molar-refractivity contribution in [2.75, 3.05) is 0 Å². The molecule has 1 heterocycles. The van der Waals surface area contributed by atoms with E-state index in [1.807, 2.05) is 24.3 Å². The Morgan fingerprint density at radius 2 is 1.85 bits per heavy atom. The fraction of sp³-hybridized carbons (Fsp3) is 0.0476. The predicted molar refractivity (Wildman–Crippen MR) is 97.6 cm³/mol. The zero-order valence-corrected chi connectivity index (χ0v) is 14.1. The number of carboxylic acids is 1. The Hall–Kier alpha value is -3.54. The van der Waals surface area contributed by atoms with Crippen molar-refractivity contribution in [3.63, 3.8) is 0 Å². The van der Waals surface area contributed by atoms with Crippen molar-refractivity contribution in [2.45, 2.75) is 6.54 Å². The molecule has 134 valence electrons. The number of aromatic carboxylic acids is 1. The second-order valence-electron chi connectivity index (χ2n) is 6.19. The van der Waals surface area contributed by atoms with Crippen molar-refractivity contribution in [3.05, 3.63) is 89.6 Å². The molecule has 0 bridgehead atoms. The number of aromatic nitrogens is 2. The van der Waals surface area contributed by atoms with Crippen LogP contribution in [0.1, 0.15) is 15.9 Å². The summed E-state index contributed by atoms with van der Waals surface area (Å²) in [5, 5.41) is 14.5. The van der Waals surface area contributed by atoms with Crippen molar-refractivity contribution < 1.29 is 18.7 Å². The number of nitrogens with zero attached hydrogens (tertiary/aromatic N) is 2. The van der Waals surface area contributed by atoms with Crippen molar-refractivity contribution >= 4 is 16.9 Å². The molecule has 0 spiro atoms. The van der Waals surface area contributed by atoms with Crippen LogP contribution in [0, 0.1) is 11.6 Å². The van der Waals surface area contributed by atoms with Crippen LogP contribution < -0.4 is 0 Å². The molecule has 0 saturated heterocycles. The molecule has 0 saturated carbocycles. The Morgan fingerprint density at radius 1 is 1.04 bits per heavy atom. The first-order valence-corrected chi connectivity index (χ1v) is 8.25. The molecular weight excluding hydrogens is 350 g/mol. The van der Waals surface area contributed by atoms with E-state index in [2.05, 4.69) is 5.10 Å². The van der Waals surface area contributed by atoms with Crippen LogP contribution in [0.4, 0.5) is 8.78 Å². The first kappa shape index (κ1) is 16.9. The van der Waals surface area contributed by atoms with Crippen molar-refractivity contribution in [1.82, 2.24) is 9.78 Å². The number of rotatable bonds is 4. The maximum atomic E-state index is 13.9. The number of hydrogen-bond donors (Lipinski definition) is 1. The Morgan fingerprint density at radius 3 is 2.63 bits per heavy atom. The lowest BCUT2D eigenvalue weighted by Crippen LogP contribution is -2.02. The van der Waals surface area contributed by atoms with Gasteiger partial charge in [0, 0.05) is 23.2 Å². The number of carboxylic acid groups (broad SMARTS) is 1. The molecule has 0 aliphatic heterocycles. The Bertz CT molecular complexity index is 1170. The average Bonchev–Trinajstić information content (AvgIpc) is 3.06. The second kappa shape index (κ2) is 6.64. The molecule has 0 aliphatic rings. The highest BCUT2D eigenvalue weighted by Gasteiger charge is 2.11. The minimum absolute atomic E-state index is 0.162. The first-order valence-electron chi connectivity index (χ1n) is 8.25. The summed E-state index contributed by atoms with van der Waals surface area (Å²) in [7, 11) is 0. The smallest absolute Gasteiger partial charge is 0.335 e. The lowest BCUT2D eigenvalue weighted by molar-refractivity contribution is 0.0697. The van der Waals surface area contributed by atoms with Gasteiger partial charge in [-0.05, 0) is 35.4 Å². The lowest BCUT2D eigenvalue weighted by Gasteiger charge is -2.04. The van der Waals surface area contributed by atoms with Gasteiger partial charge >= 0.3 is 5.97 Å². The quantitative estimate of drug-likeness (QED) is 0.570. The lowest BCUT2D eigenvalue weighted by atomic mass is 10.00. The zero-order chi connectivity index (χ0) is 19.0. The minimum atomic E-state index is -0.994. The molecule has 0 amide bonds. The van der Waals surface area contributed by atoms with E-state index in [-0.39, 0.29) is 12.1 Å². The molecule has 4 nitrogen and oxygen atoms in total. The average molecular weight is 364 g/mol. The van der Waals surface area contributed by atoms with Gasteiger partial charge in [0.05, 0.1) is 17.6 Å². The molecule has 4 aromatic rings. The molecule has 6 heteroatoms. The Labute approximate surface area is 153 Å². The molecule has 0 unspecified atom stereocenters. The van der Waals surface area contributed by atoms with Gasteiger partial charge in [-0.3, -0.25) is 4.68 Å². The van der Waals surface area contributed by atoms with Gasteiger partial charge in [0.1, 0.15) is 11.6 Å². The van der Waals surface area contributed by atoms with Gasteiger partial charge in [-0.25, -0.2) is 13.6 Å². The van der Waals surface area contributed by atoms with Gasteiger partial charge in [-0.2, -0.15) is 5.10 Å². The van der Waals surface area contributed by atoms with Gasteiger partial charge in [0.25, 0.3) is 0 Å². The molecule has 0 atom stereocenters. The molecule has 3 aromatic carbocycles. The van der Waals surface area contributed by atoms with Crippen LogP contribution in [0.15, 0.2) is 66.9 Å². The number of carbonyl (C=O) groups is 1. The molecule has 1 N–H and O–H groups in total. The van der Waals surface area contributed by atoms with Crippen LogP contribution in [0.3, 0.4) is 0 Å². The highest BCUT2D eigenvalue weighted by molar-refractivity contribution is 5.96. The summed E-state index contributed by atoms with van der Waals surface area (Å²) in [6.45, 7) is 0.162. The third kappa shape index (κ3) is 3.29. The normalized spacial score (nSPS) is 11.0. The van der Waals surface area contributed by atoms with E-state index in [0.29, 0.717) is 11.1 Å². The standard InChI is InChI=1S/C21H14F2N2O2/c22-16-8-7-15(19(23)10-16)11-25-12-18-17(5-2-6-20(18)24-25)13-3-1-4-14(9-13)21(26)27/h1-10,12H,11H2,(H,26,27). The van der Waals surface area contributed by atoms with Crippen LogP contribution in [-0.2, 0) is 6.54 Å². The van der Waals surface area contributed by atoms with E-state index in [1.54, 1.807) is 23.0 Å². The number of benzene rings is 3. The topological polar surface area (TPSA) is 55.1 Å². The summed E-state index contributed by atoms with van der Waals surface area (Å²) in [5.41, 5.74) is 2.83. The highest BCUT2D eigenvalue weighted by Crippen LogP contribution is 2.29. The Balaban J connectivity index is 1.76. The van der Waals surface area contributed by atoms with E-state index in [4.69, 9.17) is 0 Å². The van der Waals surface area contributed by atoms with Crippen molar-refractivity contribution in [1.29, 1.82) is 0 Å². The van der Waals surface area contributed by atoms with Crippen LogP contribution in [-0.4, -0.2) is 20.9 Å². The zero-order valence-electron chi connectivity index (χ0n) is 14.1. The van der Waals surface area contributed by atoms with Gasteiger partial charge in [0.15, 0.2) is 0 Å². The maximum Gasteiger partial charge on any atom is 0.335 e. The molecule has 0 radical (unpaired) electrons. The van der Waals surface area contributed by atoms with Crippen molar-refractivity contribution in [2.24, 2.45) is 0 Å². The number of hydrogen-bond acceptors (Lipinski definition) is 2. The maximum absolute atomic E-state index is 13.9. The van der Waals surface area contributed by atoms with Crippen LogP contribution in [0.5, 0.6) is 0 Å². The second-order valence-corrected chi connectivity index (χ2v) is 6.19. The summed E-state index contributed by atoms with van der Waals surface area (Å²) in [4.78, 5) is 11.2. The SMILES string of the molecule is O=C(O)c1cccc(-c2cccc3nn(Cc4ccc(F)cc4F)cc23)c1. The summed E-state index contributed by atoms with van der Waals surface area (Å²) in [6.07, 6.45) is 1.78.